The molecule has 0 saturated carbocycles. The van der Waals surface area contributed by atoms with Crippen LogP contribution in [0.2, 0.25) is 5.02 Å². The first-order valence-electron chi connectivity index (χ1n) is 7.39. The molecule has 0 aliphatic carbocycles. The van der Waals surface area contributed by atoms with Crippen molar-refractivity contribution in [1.29, 1.82) is 0 Å². The van der Waals surface area contributed by atoms with Crippen molar-refractivity contribution < 1.29 is 9.53 Å². The Bertz CT molecular complexity index is 639. The Morgan fingerprint density at radius 2 is 2.00 bits per heavy atom. The van der Waals surface area contributed by atoms with Gasteiger partial charge in [-0.3, -0.25) is 14.6 Å². The third-order valence-corrected chi connectivity index (χ3v) is 4.64. The Morgan fingerprint density at radius 1 is 1.30 bits per heavy atom. The number of nitrogens with zero attached hydrogens (tertiary/aromatic N) is 3. The van der Waals surface area contributed by atoms with Crippen LogP contribution in [0.25, 0.3) is 6.08 Å². The van der Waals surface area contributed by atoms with Crippen molar-refractivity contribution in [2.24, 2.45) is 4.99 Å². The van der Waals surface area contributed by atoms with Crippen molar-refractivity contribution in [3.8, 4) is 0 Å². The van der Waals surface area contributed by atoms with Crippen LogP contribution in [-0.2, 0) is 9.53 Å². The summed E-state index contributed by atoms with van der Waals surface area (Å²) in [5.74, 6) is -0.0595. The van der Waals surface area contributed by atoms with Crippen molar-refractivity contribution in [3.05, 3.63) is 40.5 Å². The van der Waals surface area contributed by atoms with Crippen molar-refractivity contribution in [3.63, 3.8) is 0 Å². The first kappa shape index (κ1) is 16.5. The smallest absolute Gasteiger partial charge is 0.279 e. The molecule has 0 atom stereocenters. The van der Waals surface area contributed by atoms with Crippen molar-refractivity contribution in [2.75, 3.05) is 39.2 Å². The van der Waals surface area contributed by atoms with E-state index in [4.69, 9.17) is 16.3 Å². The van der Waals surface area contributed by atoms with Crippen LogP contribution in [0.3, 0.4) is 0 Å². The molecule has 1 aromatic rings. The molecule has 0 unspecified atom stereocenters. The van der Waals surface area contributed by atoms with Crippen LogP contribution in [0.15, 0.2) is 35.0 Å². The Morgan fingerprint density at radius 3 is 2.65 bits per heavy atom. The number of carbonyl (C=O) groups is 1. The van der Waals surface area contributed by atoms with E-state index >= 15 is 0 Å². The highest BCUT2D eigenvalue weighted by Gasteiger charge is 2.31. The molecule has 1 fully saturated rings. The number of rotatable bonds is 3. The highest BCUT2D eigenvalue weighted by Crippen LogP contribution is 2.23. The van der Waals surface area contributed by atoms with Gasteiger partial charge in [0.25, 0.3) is 5.91 Å². The molecule has 23 heavy (non-hydrogen) atoms. The molecule has 5 nitrogen and oxygen atoms in total. The summed E-state index contributed by atoms with van der Waals surface area (Å²) in [4.78, 5) is 21.1. The largest absolute Gasteiger partial charge is 0.379 e. The van der Waals surface area contributed by atoms with Gasteiger partial charge in [-0.25, -0.2) is 4.99 Å². The van der Waals surface area contributed by atoms with Crippen molar-refractivity contribution >= 4 is 40.5 Å². The monoisotopic (exact) mass is 351 g/mol. The number of aliphatic imine (C=N–C) groups is 1. The van der Waals surface area contributed by atoms with E-state index in [9.17, 15) is 4.79 Å². The van der Waals surface area contributed by atoms with Crippen molar-refractivity contribution in [2.45, 2.75) is 0 Å². The van der Waals surface area contributed by atoms with Crippen LogP contribution in [0.5, 0.6) is 0 Å². The Labute approximate surface area is 144 Å². The summed E-state index contributed by atoms with van der Waals surface area (Å²) in [5, 5.41) is 1.41. The van der Waals surface area contributed by atoms with Gasteiger partial charge in [-0.2, -0.15) is 0 Å². The SMILES string of the molecule is CSC1=NC(=Cc2ccc(Cl)cc2)C(=O)N1CN1CCOCC1. The maximum Gasteiger partial charge on any atom is 0.279 e. The summed E-state index contributed by atoms with van der Waals surface area (Å²) >= 11 is 7.38. The van der Waals surface area contributed by atoms with Crippen LogP contribution in [0, 0.1) is 0 Å². The van der Waals surface area contributed by atoms with E-state index in [1.165, 1.54) is 11.8 Å². The molecule has 0 bridgehead atoms. The number of morpholine rings is 1. The van der Waals surface area contributed by atoms with Gasteiger partial charge in [0.1, 0.15) is 5.70 Å². The summed E-state index contributed by atoms with van der Waals surface area (Å²) in [7, 11) is 0. The van der Waals surface area contributed by atoms with Gasteiger partial charge in [-0.1, -0.05) is 35.5 Å². The summed E-state index contributed by atoms with van der Waals surface area (Å²) in [5.41, 5.74) is 1.38. The lowest BCUT2D eigenvalue weighted by Crippen LogP contribution is -2.46. The summed E-state index contributed by atoms with van der Waals surface area (Å²) in [6.07, 6.45) is 3.73. The summed E-state index contributed by atoms with van der Waals surface area (Å²) in [6.45, 7) is 3.64. The molecule has 0 N–H and O–H groups in total. The fourth-order valence-electron chi connectivity index (χ4n) is 2.47. The van der Waals surface area contributed by atoms with Gasteiger partial charge in [0, 0.05) is 18.1 Å². The van der Waals surface area contributed by atoms with Crippen LogP contribution in [-0.4, -0.2) is 60.1 Å². The van der Waals surface area contributed by atoms with E-state index in [0.717, 1.165) is 23.8 Å². The number of hydrogen-bond donors (Lipinski definition) is 0. The highest BCUT2D eigenvalue weighted by atomic mass is 35.5. The molecule has 7 heteroatoms. The molecule has 2 heterocycles. The number of amidine groups is 1. The molecule has 0 spiro atoms. The minimum atomic E-state index is -0.0595. The van der Waals surface area contributed by atoms with Crippen LogP contribution < -0.4 is 0 Å². The number of thioether (sulfide) groups is 1. The summed E-state index contributed by atoms with van der Waals surface area (Å²) < 4.78 is 5.35. The quantitative estimate of drug-likeness (QED) is 0.785. The minimum Gasteiger partial charge on any atom is -0.379 e. The van der Waals surface area contributed by atoms with Gasteiger partial charge in [0.2, 0.25) is 0 Å². The highest BCUT2D eigenvalue weighted by molar-refractivity contribution is 8.13. The maximum atomic E-state index is 12.7. The lowest BCUT2D eigenvalue weighted by molar-refractivity contribution is -0.124. The number of hydrogen-bond acceptors (Lipinski definition) is 5. The second-order valence-electron chi connectivity index (χ2n) is 5.28. The molecule has 122 valence electrons. The minimum absolute atomic E-state index is 0.0595. The zero-order valence-electron chi connectivity index (χ0n) is 12.9. The lowest BCUT2D eigenvalue weighted by atomic mass is 10.2. The van der Waals surface area contributed by atoms with E-state index in [-0.39, 0.29) is 5.91 Å². The van der Waals surface area contributed by atoms with E-state index in [2.05, 4.69) is 9.89 Å². The summed E-state index contributed by atoms with van der Waals surface area (Å²) in [6, 6.07) is 7.36. The number of ether oxygens (including phenoxy) is 1. The second kappa shape index (κ2) is 7.49. The molecule has 1 saturated heterocycles. The normalized spacial score (nSPS) is 21.1. The zero-order valence-corrected chi connectivity index (χ0v) is 14.4. The van der Waals surface area contributed by atoms with E-state index < -0.39 is 0 Å². The molecule has 0 radical (unpaired) electrons. The van der Waals surface area contributed by atoms with Gasteiger partial charge in [-0.05, 0) is 30.0 Å². The average molecular weight is 352 g/mol. The number of amides is 1. The van der Waals surface area contributed by atoms with E-state index in [1.807, 2.05) is 18.4 Å². The van der Waals surface area contributed by atoms with E-state index in [1.54, 1.807) is 23.1 Å². The molecule has 2 aliphatic heterocycles. The Hall–Kier alpha value is -1.34. The number of halogens is 1. The second-order valence-corrected chi connectivity index (χ2v) is 6.49. The fourth-order valence-corrected chi connectivity index (χ4v) is 3.15. The lowest BCUT2D eigenvalue weighted by Gasteiger charge is -2.30. The van der Waals surface area contributed by atoms with Gasteiger partial charge in [0.05, 0.1) is 19.9 Å². The van der Waals surface area contributed by atoms with Gasteiger partial charge in [-0.15, -0.1) is 0 Å². The molecular formula is C16H18ClN3O2S. The Balaban J connectivity index is 1.77. The van der Waals surface area contributed by atoms with Gasteiger partial charge < -0.3 is 4.74 Å². The molecular weight excluding hydrogens is 334 g/mol. The molecule has 2 aliphatic rings. The topological polar surface area (TPSA) is 45.1 Å². The predicted molar refractivity (Wildman–Crippen MR) is 94.5 cm³/mol. The van der Waals surface area contributed by atoms with Gasteiger partial charge in [0.15, 0.2) is 5.17 Å². The molecule has 3 rings (SSSR count). The zero-order chi connectivity index (χ0) is 16.2. The maximum absolute atomic E-state index is 12.7. The molecule has 1 amide bonds. The van der Waals surface area contributed by atoms with Crippen LogP contribution in [0.4, 0.5) is 0 Å². The number of benzene rings is 1. The first-order valence-corrected chi connectivity index (χ1v) is 8.99. The first-order chi connectivity index (χ1) is 11.2. The van der Waals surface area contributed by atoms with E-state index in [0.29, 0.717) is 30.6 Å². The van der Waals surface area contributed by atoms with Gasteiger partial charge >= 0.3 is 0 Å². The predicted octanol–water partition coefficient (Wildman–Crippen LogP) is 2.53. The standard InChI is InChI=1S/C16H18ClN3O2S/c1-23-16-18-14(10-12-2-4-13(17)5-3-12)15(21)20(16)11-19-6-8-22-9-7-19/h2-5,10H,6-9,11H2,1H3. The van der Waals surface area contributed by atoms with Crippen LogP contribution >= 0.6 is 23.4 Å². The number of carbonyl (C=O) groups excluding carboxylic acids is 1. The Kier molecular flexibility index (Phi) is 5.38. The third kappa shape index (κ3) is 3.95. The van der Waals surface area contributed by atoms with Crippen molar-refractivity contribution in [1.82, 2.24) is 9.80 Å². The van der Waals surface area contributed by atoms with Crippen LogP contribution in [0.1, 0.15) is 5.56 Å². The average Bonchev–Trinajstić information content (AvgIpc) is 2.87. The molecule has 0 aromatic heterocycles. The fraction of sp³-hybridized carbons (Fsp3) is 0.375. The molecule has 1 aromatic carbocycles. The third-order valence-electron chi connectivity index (χ3n) is 3.71.